The second kappa shape index (κ2) is 7.74. The van der Waals surface area contributed by atoms with Crippen molar-refractivity contribution in [3.63, 3.8) is 0 Å². The highest BCUT2D eigenvalue weighted by atomic mass is 16.9. The van der Waals surface area contributed by atoms with E-state index >= 15 is 0 Å². The van der Waals surface area contributed by atoms with Crippen LogP contribution in [0.5, 0.6) is 5.75 Å². The van der Waals surface area contributed by atoms with Gasteiger partial charge in [-0.2, -0.15) is 5.10 Å². The second-order valence-electron chi connectivity index (χ2n) is 7.47. The lowest BCUT2D eigenvalue weighted by Gasteiger charge is -2.33. The zero-order valence-electron chi connectivity index (χ0n) is 17.4. The molecule has 10 heteroatoms. The molecule has 0 saturated carbocycles. The predicted octanol–water partition coefficient (Wildman–Crippen LogP) is 3.38. The summed E-state index contributed by atoms with van der Waals surface area (Å²) in [7, 11) is 1.58. The first kappa shape index (κ1) is 20.2. The molecule has 1 amide bonds. The fourth-order valence-corrected chi connectivity index (χ4v) is 3.97. The van der Waals surface area contributed by atoms with Gasteiger partial charge in [-0.15, -0.1) is 0 Å². The van der Waals surface area contributed by atoms with E-state index in [1.54, 1.807) is 47.9 Å². The van der Waals surface area contributed by atoms with Gasteiger partial charge in [0.2, 0.25) is 6.29 Å². The van der Waals surface area contributed by atoms with Crippen LogP contribution in [-0.2, 0) is 15.9 Å². The van der Waals surface area contributed by atoms with Crippen LogP contribution < -0.4 is 9.64 Å². The number of hydrogen-bond acceptors (Lipinski definition) is 7. The van der Waals surface area contributed by atoms with Gasteiger partial charge in [-0.1, -0.05) is 0 Å². The van der Waals surface area contributed by atoms with Crippen LogP contribution in [0.4, 0.5) is 11.4 Å². The Labute approximate surface area is 183 Å². The van der Waals surface area contributed by atoms with Crippen LogP contribution >= 0.6 is 0 Å². The van der Waals surface area contributed by atoms with Crippen molar-refractivity contribution in [2.75, 3.05) is 18.6 Å². The van der Waals surface area contributed by atoms with Crippen molar-refractivity contribution >= 4 is 17.3 Å². The van der Waals surface area contributed by atoms with Crippen LogP contribution in [0.1, 0.15) is 35.0 Å². The van der Waals surface area contributed by atoms with E-state index in [4.69, 9.17) is 14.2 Å². The summed E-state index contributed by atoms with van der Waals surface area (Å²) in [6.45, 7) is 2.21. The molecular formula is C22H20N4O6. The molecule has 1 aromatic heterocycles. The van der Waals surface area contributed by atoms with Crippen molar-refractivity contribution in [2.45, 2.75) is 25.9 Å². The maximum absolute atomic E-state index is 13.6. The van der Waals surface area contributed by atoms with E-state index in [0.29, 0.717) is 41.5 Å². The van der Waals surface area contributed by atoms with E-state index < -0.39 is 11.2 Å². The number of benzene rings is 2. The number of carbonyl (C=O) groups excluding carboxylic acids is 1. The molecule has 2 aliphatic rings. The van der Waals surface area contributed by atoms with Crippen LogP contribution in [-0.4, -0.2) is 40.6 Å². The van der Waals surface area contributed by atoms with Crippen molar-refractivity contribution in [1.82, 2.24) is 9.78 Å². The molecule has 1 fully saturated rings. The number of methoxy groups -OCH3 is 1. The summed E-state index contributed by atoms with van der Waals surface area (Å²) in [5.41, 5.74) is 3.03. The molecule has 0 N–H and O–H groups in total. The molecule has 3 aromatic rings. The van der Waals surface area contributed by atoms with Gasteiger partial charge in [-0.25, -0.2) is 4.68 Å². The average molecular weight is 436 g/mol. The maximum atomic E-state index is 13.6. The van der Waals surface area contributed by atoms with Crippen LogP contribution in [0, 0.1) is 10.1 Å². The SMILES string of the molecule is COc1ccc(-n2nc(C3OC(C)O3)c3c2C(=O)N(c2ccc([N+](=O)[O-])cc2)CC3)cc1. The largest absolute Gasteiger partial charge is 0.497 e. The van der Waals surface area contributed by atoms with Crippen molar-refractivity contribution in [3.05, 3.63) is 75.6 Å². The fourth-order valence-electron chi connectivity index (χ4n) is 3.97. The zero-order chi connectivity index (χ0) is 22.4. The Morgan fingerprint density at radius 2 is 1.75 bits per heavy atom. The molecule has 0 spiro atoms. The molecule has 0 bridgehead atoms. The molecule has 0 unspecified atom stereocenters. The minimum Gasteiger partial charge on any atom is -0.497 e. The molecule has 10 nitrogen and oxygen atoms in total. The summed E-state index contributed by atoms with van der Waals surface area (Å²) in [6.07, 6.45) is -0.393. The molecule has 0 aliphatic carbocycles. The minimum atomic E-state index is -0.614. The smallest absolute Gasteiger partial charge is 0.277 e. The normalized spacial score (nSPS) is 19.9. The number of aromatic nitrogens is 2. The number of non-ortho nitro benzene ring substituents is 1. The Kier molecular flexibility index (Phi) is 4.87. The monoisotopic (exact) mass is 436 g/mol. The Balaban J connectivity index is 1.56. The highest BCUT2D eigenvalue weighted by molar-refractivity contribution is 6.07. The van der Waals surface area contributed by atoms with Gasteiger partial charge in [0.15, 0.2) is 6.29 Å². The number of nitro benzene ring substituents is 1. The van der Waals surface area contributed by atoms with Gasteiger partial charge < -0.3 is 19.1 Å². The van der Waals surface area contributed by atoms with Crippen LogP contribution in [0.25, 0.3) is 5.69 Å². The van der Waals surface area contributed by atoms with Crippen LogP contribution in [0.3, 0.4) is 0 Å². The van der Waals surface area contributed by atoms with Crippen LogP contribution in [0.2, 0.25) is 0 Å². The van der Waals surface area contributed by atoms with E-state index in [-0.39, 0.29) is 17.9 Å². The summed E-state index contributed by atoms with van der Waals surface area (Å²) in [5.74, 6) is 0.440. The van der Waals surface area contributed by atoms with Crippen molar-refractivity contribution in [3.8, 4) is 11.4 Å². The molecule has 1 saturated heterocycles. The number of fused-ring (bicyclic) bond motifs is 1. The molecule has 0 atom stereocenters. The summed E-state index contributed by atoms with van der Waals surface area (Å²) < 4.78 is 18.1. The molecule has 3 heterocycles. The Hall–Kier alpha value is -3.76. The summed E-state index contributed by atoms with van der Waals surface area (Å²) in [5, 5.41) is 15.6. The van der Waals surface area contributed by atoms with Gasteiger partial charge in [-0.3, -0.25) is 14.9 Å². The first-order valence-electron chi connectivity index (χ1n) is 10.1. The molecule has 2 aliphatic heterocycles. The Bertz CT molecular complexity index is 1180. The number of ether oxygens (including phenoxy) is 3. The molecular weight excluding hydrogens is 416 g/mol. The first-order chi connectivity index (χ1) is 15.5. The highest BCUT2D eigenvalue weighted by Crippen LogP contribution is 2.37. The molecule has 32 heavy (non-hydrogen) atoms. The van der Waals surface area contributed by atoms with E-state index in [1.807, 2.05) is 12.1 Å². The van der Waals surface area contributed by atoms with E-state index in [1.165, 1.54) is 12.1 Å². The third kappa shape index (κ3) is 3.29. The van der Waals surface area contributed by atoms with E-state index in [9.17, 15) is 14.9 Å². The van der Waals surface area contributed by atoms with Crippen LogP contribution in [0.15, 0.2) is 48.5 Å². The van der Waals surface area contributed by atoms with Gasteiger partial charge in [0.25, 0.3) is 11.6 Å². The van der Waals surface area contributed by atoms with Gasteiger partial charge in [0.1, 0.15) is 17.1 Å². The second-order valence-corrected chi connectivity index (χ2v) is 7.47. The molecule has 164 valence electrons. The van der Waals surface area contributed by atoms with Gasteiger partial charge in [0.05, 0.1) is 17.7 Å². The summed E-state index contributed by atoms with van der Waals surface area (Å²) >= 11 is 0. The quantitative estimate of drug-likeness (QED) is 0.445. The highest BCUT2D eigenvalue weighted by Gasteiger charge is 2.39. The Morgan fingerprint density at radius 1 is 1.09 bits per heavy atom. The van der Waals surface area contributed by atoms with Gasteiger partial charge >= 0.3 is 0 Å². The topological polar surface area (TPSA) is 109 Å². The molecule has 0 radical (unpaired) electrons. The van der Waals surface area contributed by atoms with Gasteiger partial charge in [0, 0.05) is 29.9 Å². The van der Waals surface area contributed by atoms with E-state index in [0.717, 1.165) is 5.56 Å². The van der Waals surface area contributed by atoms with Crippen molar-refractivity contribution < 1.29 is 23.9 Å². The Morgan fingerprint density at radius 3 is 2.34 bits per heavy atom. The maximum Gasteiger partial charge on any atom is 0.277 e. The number of rotatable bonds is 5. The van der Waals surface area contributed by atoms with E-state index in [2.05, 4.69) is 5.10 Å². The number of nitro groups is 1. The molecule has 2 aromatic carbocycles. The van der Waals surface area contributed by atoms with Gasteiger partial charge in [-0.05, 0) is 49.7 Å². The third-order valence-corrected chi connectivity index (χ3v) is 5.59. The van der Waals surface area contributed by atoms with Crippen molar-refractivity contribution in [1.29, 1.82) is 0 Å². The summed E-state index contributed by atoms with van der Waals surface area (Å²) in [4.78, 5) is 25.7. The number of nitrogens with zero attached hydrogens (tertiary/aromatic N) is 4. The zero-order valence-corrected chi connectivity index (χ0v) is 17.4. The standard InChI is InChI=1S/C22H20N4O6/c1-13-31-22(32-13)19-18-11-12-24(14-3-5-16(6-4-14)26(28)29)21(27)20(18)25(23-19)15-7-9-17(30-2)10-8-15/h3-10,13,22H,11-12H2,1-2H3. The molecule has 5 rings (SSSR count). The lowest BCUT2D eigenvalue weighted by Crippen LogP contribution is -2.39. The number of carbonyl (C=O) groups is 1. The lowest BCUT2D eigenvalue weighted by molar-refractivity contribution is -0.384. The number of amides is 1. The number of hydrogen-bond donors (Lipinski definition) is 0. The first-order valence-corrected chi connectivity index (χ1v) is 10.1. The predicted molar refractivity (Wildman–Crippen MR) is 113 cm³/mol. The lowest BCUT2D eigenvalue weighted by atomic mass is 10.0. The fraction of sp³-hybridized carbons (Fsp3) is 0.273. The number of anilines is 1. The minimum absolute atomic E-state index is 0.0298. The summed E-state index contributed by atoms with van der Waals surface area (Å²) in [6, 6.07) is 13.2. The third-order valence-electron chi connectivity index (χ3n) is 5.59. The average Bonchev–Trinajstić information content (AvgIpc) is 3.17. The van der Waals surface area contributed by atoms with Crippen molar-refractivity contribution in [2.24, 2.45) is 0 Å².